The van der Waals surface area contributed by atoms with Crippen LogP contribution >= 0.6 is 11.8 Å². The quantitative estimate of drug-likeness (QED) is 0.529. The number of likely N-dealkylation sites (tertiary alicyclic amines) is 1. The van der Waals surface area contributed by atoms with Crippen LogP contribution in [0, 0.1) is 11.8 Å². The molecule has 3 fully saturated rings. The summed E-state index contributed by atoms with van der Waals surface area (Å²) in [7, 11) is 0. The Balaban J connectivity index is 1.52. The van der Waals surface area contributed by atoms with Crippen molar-refractivity contribution in [2.45, 2.75) is 18.6 Å². The van der Waals surface area contributed by atoms with Crippen molar-refractivity contribution in [2.75, 3.05) is 50.9 Å². The van der Waals surface area contributed by atoms with Gasteiger partial charge in [0.1, 0.15) is 5.60 Å². The number of nitrogens with zero attached hydrogens (tertiary/aromatic N) is 2. The van der Waals surface area contributed by atoms with Gasteiger partial charge in [-0.15, -0.1) is 0 Å². The molecule has 2 unspecified atom stereocenters. The predicted molar refractivity (Wildman–Crippen MR) is 90.7 cm³/mol. The van der Waals surface area contributed by atoms with Crippen LogP contribution in [0.3, 0.4) is 0 Å². The van der Waals surface area contributed by atoms with Gasteiger partial charge < -0.3 is 19.3 Å². The Morgan fingerprint density at radius 2 is 2.25 bits per heavy atom. The first-order chi connectivity index (χ1) is 11.7. The molecule has 0 aromatic heterocycles. The molecular weight excluding hydrogens is 328 g/mol. The molecular formula is C17H24N2O4S. The third-order valence-electron chi connectivity index (χ3n) is 5.50. The summed E-state index contributed by atoms with van der Waals surface area (Å²) in [6.45, 7) is 5.77. The number of thioether (sulfide) groups is 1. The molecule has 0 saturated carbocycles. The Morgan fingerprint density at radius 1 is 1.46 bits per heavy atom. The van der Waals surface area contributed by atoms with Gasteiger partial charge in [0.15, 0.2) is 0 Å². The molecule has 6 nitrogen and oxygen atoms in total. The highest BCUT2D eigenvalue weighted by Crippen LogP contribution is 2.52. The Morgan fingerprint density at radius 3 is 3.00 bits per heavy atom. The van der Waals surface area contributed by atoms with E-state index in [-0.39, 0.29) is 29.8 Å². The third-order valence-corrected chi connectivity index (χ3v) is 6.44. The second-order valence-corrected chi connectivity index (χ2v) is 8.02. The average Bonchev–Trinajstić information content (AvgIpc) is 3.24. The fourth-order valence-corrected chi connectivity index (χ4v) is 5.27. The van der Waals surface area contributed by atoms with Crippen molar-refractivity contribution in [3.05, 3.63) is 12.2 Å². The summed E-state index contributed by atoms with van der Waals surface area (Å²) in [5.41, 5.74) is -0.598. The van der Waals surface area contributed by atoms with E-state index in [2.05, 4.69) is 0 Å². The summed E-state index contributed by atoms with van der Waals surface area (Å²) in [6.07, 6.45) is 3.75. The molecule has 1 spiro atoms. The summed E-state index contributed by atoms with van der Waals surface area (Å²) >= 11 is 1.88. The molecule has 4 rings (SSSR count). The fourth-order valence-electron chi connectivity index (χ4n) is 4.36. The molecule has 132 valence electrons. The largest absolute Gasteiger partial charge is 0.380 e. The summed E-state index contributed by atoms with van der Waals surface area (Å²) in [5, 5.41) is 0. The lowest BCUT2D eigenvalue weighted by Crippen LogP contribution is -2.48. The van der Waals surface area contributed by atoms with Crippen LogP contribution in [0.5, 0.6) is 0 Å². The highest BCUT2D eigenvalue weighted by Gasteiger charge is 2.67. The van der Waals surface area contributed by atoms with Crippen molar-refractivity contribution in [1.29, 1.82) is 0 Å². The zero-order valence-corrected chi connectivity index (χ0v) is 14.8. The number of amides is 2. The zero-order valence-electron chi connectivity index (χ0n) is 14.0. The number of rotatable bonds is 5. The Labute approximate surface area is 146 Å². The van der Waals surface area contributed by atoms with Crippen LogP contribution in [0.2, 0.25) is 0 Å². The van der Waals surface area contributed by atoms with E-state index in [0.717, 1.165) is 24.6 Å². The van der Waals surface area contributed by atoms with Crippen LogP contribution in [0.15, 0.2) is 12.2 Å². The van der Waals surface area contributed by atoms with Gasteiger partial charge in [0.25, 0.3) is 0 Å². The van der Waals surface area contributed by atoms with E-state index in [0.29, 0.717) is 26.3 Å². The Bertz CT molecular complexity index is 563. The number of fused-ring (bicyclic) bond motifs is 1. The lowest BCUT2D eigenvalue weighted by atomic mass is 9.76. The molecule has 0 aromatic carbocycles. The molecule has 0 aliphatic carbocycles. The van der Waals surface area contributed by atoms with E-state index in [1.165, 1.54) is 0 Å². The van der Waals surface area contributed by atoms with Crippen molar-refractivity contribution in [2.24, 2.45) is 11.8 Å². The summed E-state index contributed by atoms with van der Waals surface area (Å²) in [6, 6.07) is 0. The first-order valence-electron chi connectivity index (χ1n) is 8.76. The molecule has 3 saturated heterocycles. The van der Waals surface area contributed by atoms with E-state index in [4.69, 9.17) is 9.47 Å². The molecule has 0 aromatic rings. The SMILES string of the molecule is CCOCCN1C[C@@]23C=C[C@@H](O2)C(C(=O)N2CCSCC2)C3C1=O. The molecule has 4 heterocycles. The van der Waals surface area contributed by atoms with Crippen molar-refractivity contribution in [3.63, 3.8) is 0 Å². The van der Waals surface area contributed by atoms with Crippen LogP contribution in [0.1, 0.15) is 6.92 Å². The van der Waals surface area contributed by atoms with Gasteiger partial charge in [-0.25, -0.2) is 0 Å². The van der Waals surface area contributed by atoms with Gasteiger partial charge in [-0.05, 0) is 6.92 Å². The van der Waals surface area contributed by atoms with Gasteiger partial charge in [-0.3, -0.25) is 9.59 Å². The minimum absolute atomic E-state index is 0.0475. The molecule has 0 radical (unpaired) electrons. The minimum Gasteiger partial charge on any atom is -0.380 e. The fraction of sp³-hybridized carbons (Fsp3) is 0.765. The van der Waals surface area contributed by atoms with Crippen molar-refractivity contribution < 1.29 is 19.1 Å². The van der Waals surface area contributed by atoms with Gasteiger partial charge in [-0.1, -0.05) is 12.2 Å². The van der Waals surface area contributed by atoms with E-state index in [1.54, 1.807) is 4.90 Å². The average molecular weight is 352 g/mol. The zero-order chi connectivity index (χ0) is 16.7. The molecule has 4 aliphatic heterocycles. The number of carbonyl (C=O) groups is 2. The van der Waals surface area contributed by atoms with Crippen molar-refractivity contribution in [1.82, 2.24) is 9.80 Å². The summed E-state index contributed by atoms with van der Waals surface area (Å²) < 4.78 is 11.5. The second kappa shape index (κ2) is 6.35. The molecule has 7 heteroatoms. The standard InChI is InChI=1S/C17H24N2O4S/c1-2-22-8-5-19-11-17-4-3-12(23-17)13(14(17)16(19)21)15(20)18-6-9-24-10-7-18/h3-4,12-14H,2,5-11H2,1H3/t12-,13?,14?,17-/m1/s1. The maximum atomic E-state index is 13.0. The topological polar surface area (TPSA) is 59.1 Å². The van der Waals surface area contributed by atoms with Crippen molar-refractivity contribution >= 4 is 23.6 Å². The van der Waals surface area contributed by atoms with Crippen LogP contribution in [-0.2, 0) is 19.1 Å². The summed E-state index contributed by atoms with van der Waals surface area (Å²) in [5.74, 6) is 1.37. The van der Waals surface area contributed by atoms with Crippen molar-refractivity contribution in [3.8, 4) is 0 Å². The lowest BCUT2D eigenvalue weighted by molar-refractivity contribution is -0.143. The van der Waals surface area contributed by atoms with Gasteiger partial charge in [0.05, 0.1) is 31.1 Å². The van der Waals surface area contributed by atoms with Crippen LogP contribution in [0.25, 0.3) is 0 Å². The maximum absolute atomic E-state index is 13.0. The summed E-state index contributed by atoms with van der Waals surface area (Å²) in [4.78, 5) is 29.7. The van der Waals surface area contributed by atoms with E-state index in [9.17, 15) is 9.59 Å². The molecule has 24 heavy (non-hydrogen) atoms. The normalized spacial score (nSPS) is 37.4. The number of ether oxygens (including phenoxy) is 2. The first kappa shape index (κ1) is 16.4. The molecule has 4 aliphatic rings. The number of hydrogen-bond acceptors (Lipinski definition) is 5. The van der Waals surface area contributed by atoms with Gasteiger partial charge >= 0.3 is 0 Å². The lowest BCUT2D eigenvalue weighted by Gasteiger charge is -2.32. The van der Waals surface area contributed by atoms with E-state index in [1.807, 2.05) is 35.7 Å². The number of carbonyl (C=O) groups excluding carboxylic acids is 2. The second-order valence-electron chi connectivity index (χ2n) is 6.79. The third kappa shape index (κ3) is 2.48. The molecule has 0 N–H and O–H groups in total. The van der Waals surface area contributed by atoms with E-state index < -0.39 is 5.60 Å². The Kier molecular flexibility index (Phi) is 4.34. The Hall–Kier alpha value is -1.05. The van der Waals surface area contributed by atoms with Crippen LogP contribution in [0.4, 0.5) is 0 Å². The molecule has 2 bridgehead atoms. The minimum atomic E-state index is -0.598. The van der Waals surface area contributed by atoms with Crippen LogP contribution < -0.4 is 0 Å². The smallest absolute Gasteiger partial charge is 0.230 e. The highest BCUT2D eigenvalue weighted by atomic mass is 32.2. The molecule has 2 amide bonds. The van der Waals surface area contributed by atoms with Gasteiger partial charge in [-0.2, -0.15) is 11.8 Å². The monoisotopic (exact) mass is 352 g/mol. The molecule has 4 atom stereocenters. The van der Waals surface area contributed by atoms with Gasteiger partial charge in [0.2, 0.25) is 11.8 Å². The number of hydrogen-bond donors (Lipinski definition) is 0. The predicted octanol–water partition coefficient (Wildman–Crippen LogP) is 0.380. The highest BCUT2D eigenvalue weighted by molar-refractivity contribution is 7.99. The maximum Gasteiger partial charge on any atom is 0.230 e. The first-order valence-corrected chi connectivity index (χ1v) is 9.92. The van der Waals surface area contributed by atoms with Gasteiger partial charge in [0, 0.05) is 37.7 Å². The van der Waals surface area contributed by atoms with Crippen LogP contribution in [-0.4, -0.2) is 84.2 Å². The van der Waals surface area contributed by atoms with E-state index >= 15 is 0 Å².